The third-order valence-corrected chi connectivity index (χ3v) is 2.95. The molecule has 0 aliphatic carbocycles. The third kappa shape index (κ3) is 6.80. The molecule has 1 aromatic rings. The molecule has 0 spiro atoms. The number of benzene rings is 1. The first-order valence-corrected chi connectivity index (χ1v) is 7.72. The molecule has 0 heterocycles. The topological polar surface area (TPSA) is 55.9 Å². The van der Waals surface area contributed by atoms with Crippen LogP contribution < -0.4 is 9.73 Å². The van der Waals surface area contributed by atoms with Crippen LogP contribution in [0.4, 0.5) is 5.69 Å². The van der Waals surface area contributed by atoms with Crippen molar-refractivity contribution in [2.75, 3.05) is 27.2 Å². The number of nitrogens with zero attached hydrogens (tertiary/aromatic N) is 1. The molecule has 5 nitrogen and oxygen atoms in total. The second-order valence-corrected chi connectivity index (χ2v) is 6.23. The molecule has 0 bridgehead atoms. The summed E-state index contributed by atoms with van der Waals surface area (Å²) in [7, 11) is 3.93. The van der Waals surface area contributed by atoms with E-state index >= 15 is 0 Å². The molecule has 0 fully saturated rings. The van der Waals surface area contributed by atoms with Crippen molar-refractivity contribution in [3.05, 3.63) is 24.3 Å². The average Bonchev–Trinajstić information content (AvgIpc) is 2.38. The second kappa shape index (κ2) is 8.63. The zero-order valence-corrected chi connectivity index (χ0v) is 14.3. The summed E-state index contributed by atoms with van der Waals surface area (Å²) in [6.45, 7) is 7.31. The standard InChI is InChI=1S/C17H28N2O3/c1-6-7-12-21-15-11-9-8-10-14(15)18-16(20)22-17(2,3)13-19(4)5/h8-11H,6-7,12-13H2,1-5H3,(H,18,20)/p+1. The minimum absolute atomic E-state index is 0.224. The molecule has 2 N–H and O–H groups in total. The van der Waals surface area contributed by atoms with Crippen molar-refractivity contribution in [2.45, 2.75) is 39.2 Å². The molecular formula is C17H29N2O3+. The van der Waals surface area contributed by atoms with Crippen LogP contribution >= 0.6 is 0 Å². The fraction of sp³-hybridized carbons (Fsp3) is 0.588. The summed E-state index contributed by atoms with van der Waals surface area (Å²) in [5.74, 6) is 0.705. The maximum Gasteiger partial charge on any atom is 0.551 e. The van der Waals surface area contributed by atoms with E-state index in [4.69, 9.17) is 9.47 Å². The maximum absolute atomic E-state index is 10.1. The summed E-state index contributed by atoms with van der Waals surface area (Å²) in [5.41, 5.74) is 0.190. The number of aliphatic hydroxyl groups excluding tert-OH is 1. The molecule has 0 saturated carbocycles. The Bertz CT molecular complexity index is 485. The minimum Gasteiger partial charge on any atom is -0.487 e. The molecule has 1 rings (SSSR count). The largest absolute Gasteiger partial charge is 0.551 e. The fourth-order valence-electron chi connectivity index (χ4n) is 2.22. The van der Waals surface area contributed by atoms with Gasteiger partial charge in [-0.15, -0.1) is 4.99 Å². The summed E-state index contributed by atoms with van der Waals surface area (Å²) in [6, 6.07) is 7.50. The Morgan fingerprint density at radius 3 is 2.59 bits per heavy atom. The Morgan fingerprint density at radius 2 is 1.95 bits per heavy atom. The first-order valence-electron chi connectivity index (χ1n) is 7.72. The summed E-state index contributed by atoms with van der Waals surface area (Å²) in [4.78, 5) is 4.88. The predicted molar refractivity (Wildman–Crippen MR) is 88.8 cm³/mol. The van der Waals surface area contributed by atoms with Crippen LogP contribution in [0.2, 0.25) is 0 Å². The van der Waals surface area contributed by atoms with Crippen LogP contribution in [0.1, 0.15) is 33.6 Å². The summed E-state index contributed by atoms with van der Waals surface area (Å²) in [5, 5.41) is 10.1. The monoisotopic (exact) mass is 309 g/mol. The zero-order valence-electron chi connectivity index (χ0n) is 14.3. The van der Waals surface area contributed by atoms with E-state index in [0.29, 0.717) is 24.6 Å². The summed E-state index contributed by atoms with van der Waals surface area (Å²) < 4.78 is 11.3. The fourth-order valence-corrected chi connectivity index (χ4v) is 2.22. The van der Waals surface area contributed by atoms with Crippen molar-refractivity contribution < 1.29 is 19.6 Å². The number of hydrogen-bond donors (Lipinski definition) is 2. The molecule has 0 aromatic heterocycles. The highest BCUT2D eigenvalue weighted by molar-refractivity contribution is 5.60. The van der Waals surface area contributed by atoms with Gasteiger partial charge in [-0.25, -0.2) is 0 Å². The Labute approximate surface area is 133 Å². The van der Waals surface area contributed by atoms with Gasteiger partial charge in [0.1, 0.15) is 5.60 Å². The number of aliphatic hydroxyl groups is 1. The number of para-hydroxylation sites is 2. The number of ether oxygens (including phenoxy) is 2. The van der Waals surface area contributed by atoms with Crippen molar-refractivity contribution in [1.29, 1.82) is 0 Å². The quantitative estimate of drug-likeness (QED) is 0.437. The molecule has 0 aliphatic heterocycles. The van der Waals surface area contributed by atoms with E-state index in [9.17, 15) is 5.11 Å². The lowest BCUT2D eigenvalue weighted by molar-refractivity contribution is -0.387. The normalized spacial score (nSPS) is 12.5. The number of unbranched alkanes of at least 4 members (excludes halogenated alkanes) is 1. The molecule has 0 amide bonds. The lowest BCUT2D eigenvalue weighted by atomic mass is 10.1. The third-order valence-electron chi connectivity index (χ3n) is 2.95. The minimum atomic E-state index is -0.501. The zero-order chi connectivity index (χ0) is 16.6. The molecule has 1 aromatic carbocycles. The number of rotatable bonds is 8. The van der Waals surface area contributed by atoms with Crippen molar-refractivity contribution in [3.8, 4) is 5.75 Å². The molecule has 124 valence electrons. The van der Waals surface area contributed by atoms with Gasteiger partial charge in [-0.05, 0) is 40.4 Å². The van der Waals surface area contributed by atoms with E-state index in [2.05, 4.69) is 11.9 Å². The van der Waals surface area contributed by atoms with Gasteiger partial charge in [-0.2, -0.15) is 0 Å². The van der Waals surface area contributed by atoms with Gasteiger partial charge in [0.15, 0.2) is 5.75 Å². The Morgan fingerprint density at radius 1 is 1.27 bits per heavy atom. The average molecular weight is 309 g/mol. The van der Waals surface area contributed by atoms with E-state index in [0.717, 1.165) is 12.8 Å². The molecule has 5 heteroatoms. The lowest BCUT2D eigenvalue weighted by Crippen LogP contribution is -2.68. The molecular weight excluding hydrogens is 280 g/mol. The number of nitrogens with one attached hydrogen (secondary N) is 1. The Balaban J connectivity index is 2.78. The van der Waals surface area contributed by atoms with E-state index in [1.165, 1.54) is 0 Å². The van der Waals surface area contributed by atoms with Crippen molar-refractivity contribution in [3.63, 3.8) is 0 Å². The molecule has 22 heavy (non-hydrogen) atoms. The van der Waals surface area contributed by atoms with E-state index in [1.807, 2.05) is 57.1 Å². The van der Waals surface area contributed by atoms with Gasteiger partial charge in [-0.1, -0.05) is 25.5 Å². The van der Waals surface area contributed by atoms with Crippen LogP contribution in [0.25, 0.3) is 0 Å². The van der Waals surface area contributed by atoms with Crippen molar-refractivity contribution in [2.24, 2.45) is 0 Å². The van der Waals surface area contributed by atoms with E-state index < -0.39 is 5.60 Å². The van der Waals surface area contributed by atoms with Gasteiger partial charge in [0, 0.05) is 12.6 Å². The number of hydrogen-bond acceptors (Lipinski definition) is 3. The van der Waals surface area contributed by atoms with Crippen LogP contribution in [-0.2, 0) is 4.74 Å². The maximum atomic E-state index is 10.1. The van der Waals surface area contributed by atoms with Gasteiger partial charge >= 0.3 is 6.08 Å². The predicted octanol–water partition coefficient (Wildman–Crippen LogP) is 1.85. The summed E-state index contributed by atoms with van der Waals surface area (Å²) in [6.07, 6.45) is 1.85. The summed E-state index contributed by atoms with van der Waals surface area (Å²) >= 11 is 0. The van der Waals surface area contributed by atoms with E-state index in [1.54, 1.807) is 0 Å². The molecule has 0 unspecified atom stereocenters. The van der Waals surface area contributed by atoms with Crippen LogP contribution in [0, 0.1) is 0 Å². The Hall–Kier alpha value is -1.75. The van der Waals surface area contributed by atoms with Crippen LogP contribution in [0.3, 0.4) is 0 Å². The van der Waals surface area contributed by atoms with Gasteiger partial charge < -0.3 is 19.5 Å². The molecule has 0 saturated heterocycles. The first-order chi connectivity index (χ1) is 10.3. The smallest absolute Gasteiger partial charge is 0.487 e. The molecule has 0 atom stereocenters. The van der Waals surface area contributed by atoms with Gasteiger partial charge in [0.25, 0.3) is 5.69 Å². The lowest BCUT2D eigenvalue weighted by Gasteiger charge is -2.26. The van der Waals surface area contributed by atoms with Crippen LogP contribution in [0.15, 0.2) is 24.3 Å². The second-order valence-electron chi connectivity index (χ2n) is 6.23. The van der Waals surface area contributed by atoms with Gasteiger partial charge in [0.05, 0.1) is 6.61 Å². The Kier molecular flexibility index (Phi) is 7.18. The van der Waals surface area contributed by atoms with Crippen molar-refractivity contribution in [1.82, 2.24) is 4.90 Å². The van der Waals surface area contributed by atoms with Gasteiger partial charge in [0.2, 0.25) is 0 Å². The van der Waals surface area contributed by atoms with E-state index in [-0.39, 0.29) is 6.08 Å². The molecule has 0 aliphatic rings. The molecule has 0 radical (unpaired) electrons. The van der Waals surface area contributed by atoms with Crippen LogP contribution in [-0.4, -0.2) is 48.9 Å². The van der Waals surface area contributed by atoms with Gasteiger partial charge in [-0.3, -0.25) is 0 Å². The first kappa shape index (κ1) is 18.3. The highest BCUT2D eigenvalue weighted by Crippen LogP contribution is 2.19. The number of likely N-dealkylation sites (N-methyl/N-ethyl adjacent to an activating group) is 1. The highest BCUT2D eigenvalue weighted by atomic mass is 16.6. The SMILES string of the molecule is CCCCOc1ccccc1[NH+]=C(O)OC(C)(C)CN(C)C. The van der Waals surface area contributed by atoms with Crippen molar-refractivity contribution >= 4 is 11.8 Å². The highest BCUT2D eigenvalue weighted by Gasteiger charge is 2.25. The van der Waals surface area contributed by atoms with Crippen LogP contribution in [0.5, 0.6) is 5.75 Å².